The fourth-order valence-corrected chi connectivity index (χ4v) is 3.94. The third-order valence-electron chi connectivity index (χ3n) is 5.78. The summed E-state index contributed by atoms with van der Waals surface area (Å²) in [7, 11) is 0. The van der Waals surface area contributed by atoms with Crippen LogP contribution in [0.3, 0.4) is 0 Å². The van der Waals surface area contributed by atoms with Crippen molar-refractivity contribution in [3.63, 3.8) is 0 Å². The predicted molar refractivity (Wildman–Crippen MR) is 125 cm³/mol. The van der Waals surface area contributed by atoms with Crippen LogP contribution in [0.1, 0.15) is 49.9 Å². The molecule has 6 heteroatoms. The summed E-state index contributed by atoms with van der Waals surface area (Å²) in [5.74, 6) is 2.39. The summed E-state index contributed by atoms with van der Waals surface area (Å²) in [6.07, 6.45) is 0.606. The Morgan fingerprint density at radius 3 is 2.47 bits per heavy atom. The number of amides is 1. The van der Waals surface area contributed by atoms with E-state index < -0.39 is 0 Å². The van der Waals surface area contributed by atoms with Crippen molar-refractivity contribution in [1.29, 1.82) is 0 Å². The molecular formula is C26H30N4O2. The number of benzene rings is 2. The third kappa shape index (κ3) is 4.97. The number of aromatic nitrogens is 2. The lowest BCUT2D eigenvalue weighted by atomic mass is 10.1. The molecule has 1 aromatic heterocycles. The van der Waals surface area contributed by atoms with Crippen molar-refractivity contribution in [1.82, 2.24) is 15.1 Å². The topological polar surface area (TPSA) is 81.3 Å². The zero-order chi connectivity index (χ0) is 22.7. The van der Waals surface area contributed by atoms with E-state index in [2.05, 4.69) is 31.0 Å². The molecule has 2 aromatic carbocycles. The summed E-state index contributed by atoms with van der Waals surface area (Å²) in [4.78, 5) is 14.2. The molecule has 0 aliphatic carbocycles. The standard InChI is InChI=1S/C26H30N4O2/c1-17(2)23-9-10-24(29-28-23)20-5-7-22(8-6-20)32-25-11-4-19(14-27)13-21(25)16-30-15-18(3)12-26(30)31/h4-11,13,17-18H,12,14-16,27H2,1-3H3. The molecule has 0 saturated carbocycles. The second-order valence-corrected chi connectivity index (χ2v) is 8.85. The van der Waals surface area contributed by atoms with Gasteiger partial charge in [0.25, 0.3) is 0 Å². The van der Waals surface area contributed by atoms with E-state index in [1.165, 1.54) is 0 Å². The number of carbonyl (C=O) groups is 1. The molecule has 1 aliphatic rings. The van der Waals surface area contributed by atoms with Crippen LogP contribution >= 0.6 is 0 Å². The lowest BCUT2D eigenvalue weighted by Gasteiger charge is -2.19. The number of hydrogen-bond acceptors (Lipinski definition) is 5. The van der Waals surface area contributed by atoms with Gasteiger partial charge in [-0.05, 0) is 65.9 Å². The lowest BCUT2D eigenvalue weighted by molar-refractivity contribution is -0.128. The predicted octanol–water partition coefficient (Wildman–Crippen LogP) is 4.89. The molecule has 4 rings (SSSR count). The Morgan fingerprint density at radius 2 is 1.88 bits per heavy atom. The molecule has 32 heavy (non-hydrogen) atoms. The zero-order valence-electron chi connectivity index (χ0n) is 18.9. The molecule has 1 atom stereocenters. The molecule has 0 radical (unpaired) electrons. The van der Waals surface area contributed by atoms with E-state index in [1.807, 2.05) is 59.5 Å². The first-order valence-electron chi connectivity index (χ1n) is 11.1. The highest BCUT2D eigenvalue weighted by Gasteiger charge is 2.27. The molecule has 0 spiro atoms. The van der Waals surface area contributed by atoms with E-state index in [0.29, 0.717) is 31.3 Å². The smallest absolute Gasteiger partial charge is 0.223 e. The minimum Gasteiger partial charge on any atom is -0.457 e. The molecule has 2 heterocycles. The number of nitrogens with two attached hydrogens (primary N) is 1. The minimum absolute atomic E-state index is 0.190. The summed E-state index contributed by atoms with van der Waals surface area (Å²) in [6, 6.07) is 17.8. The number of likely N-dealkylation sites (tertiary alicyclic amines) is 1. The summed E-state index contributed by atoms with van der Waals surface area (Å²) in [6.45, 7) is 8.06. The van der Waals surface area contributed by atoms with Crippen molar-refractivity contribution in [2.75, 3.05) is 6.54 Å². The SMILES string of the molecule is CC1CC(=O)N(Cc2cc(CN)ccc2Oc2ccc(-c3ccc(C(C)C)nn3)cc2)C1. The van der Waals surface area contributed by atoms with Crippen LogP contribution < -0.4 is 10.5 Å². The fourth-order valence-electron chi connectivity index (χ4n) is 3.94. The normalized spacial score (nSPS) is 16.1. The molecule has 6 nitrogen and oxygen atoms in total. The number of nitrogens with zero attached hydrogens (tertiary/aromatic N) is 3. The highest BCUT2D eigenvalue weighted by Crippen LogP contribution is 2.30. The van der Waals surface area contributed by atoms with Gasteiger partial charge in [-0.15, -0.1) is 0 Å². The van der Waals surface area contributed by atoms with Gasteiger partial charge in [-0.2, -0.15) is 10.2 Å². The van der Waals surface area contributed by atoms with Crippen LogP contribution in [0.2, 0.25) is 0 Å². The van der Waals surface area contributed by atoms with Crippen molar-refractivity contribution < 1.29 is 9.53 Å². The lowest BCUT2D eigenvalue weighted by Crippen LogP contribution is -2.24. The monoisotopic (exact) mass is 430 g/mol. The van der Waals surface area contributed by atoms with E-state index in [9.17, 15) is 4.79 Å². The van der Waals surface area contributed by atoms with Crippen LogP contribution in [-0.2, 0) is 17.9 Å². The fraction of sp³-hybridized carbons (Fsp3) is 0.346. The summed E-state index contributed by atoms with van der Waals surface area (Å²) in [5.41, 5.74) is 10.6. The van der Waals surface area contributed by atoms with E-state index in [1.54, 1.807) is 0 Å². The second-order valence-electron chi connectivity index (χ2n) is 8.85. The molecular weight excluding hydrogens is 400 g/mol. The van der Waals surface area contributed by atoms with Crippen LogP contribution in [0.25, 0.3) is 11.3 Å². The Morgan fingerprint density at radius 1 is 1.09 bits per heavy atom. The Kier molecular flexibility index (Phi) is 6.51. The van der Waals surface area contributed by atoms with Gasteiger partial charge >= 0.3 is 0 Å². The third-order valence-corrected chi connectivity index (χ3v) is 5.78. The van der Waals surface area contributed by atoms with Crippen LogP contribution in [0, 0.1) is 5.92 Å². The summed E-state index contributed by atoms with van der Waals surface area (Å²) >= 11 is 0. The van der Waals surface area contributed by atoms with Gasteiger partial charge in [0.2, 0.25) is 5.91 Å². The maximum Gasteiger partial charge on any atom is 0.223 e. The van der Waals surface area contributed by atoms with Gasteiger partial charge in [0.15, 0.2) is 0 Å². The van der Waals surface area contributed by atoms with E-state index in [-0.39, 0.29) is 5.91 Å². The van der Waals surface area contributed by atoms with Crippen molar-refractivity contribution in [3.05, 3.63) is 71.4 Å². The molecule has 1 saturated heterocycles. The number of ether oxygens (including phenoxy) is 1. The first-order valence-corrected chi connectivity index (χ1v) is 11.1. The maximum absolute atomic E-state index is 12.3. The van der Waals surface area contributed by atoms with Crippen molar-refractivity contribution in [2.24, 2.45) is 11.7 Å². The summed E-state index contributed by atoms with van der Waals surface area (Å²) < 4.78 is 6.21. The van der Waals surface area contributed by atoms with Gasteiger partial charge in [0, 0.05) is 37.2 Å². The van der Waals surface area contributed by atoms with Gasteiger partial charge in [0.05, 0.1) is 11.4 Å². The second kappa shape index (κ2) is 9.49. The zero-order valence-corrected chi connectivity index (χ0v) is 18.9. The molecule has 2 N–H and O–H groups in total. The van der Waals surface area contributed by atoms with Crippen LogP contribution in [0.5, 0.6) is 11.5 Å². The highest BCUT2D eigenvalue weighted by molar-refractivity contribution is 5.78. The first-order chi connectivity index (χ1) is 15.4. The van der Waals surface area contributed by atoms with E-state index >= 15 is 0 Å². The Hall–Kier alpha value is -3.25. The minimum atomic E-state index is 0.190. The molecule has 1 aliphatic heterocycles. The molecule has 166 valence electrons. The Labute approximate surface area is 189 Å². The molecule has 1 fully saturated rings. The molecule has 0 bridgehead atoms. The number of hydrogen-bond donors (Lipinski definition) is 1. The Balaban J connectivity index is 1.52. The van der Waals surface area contributed by atoms with Crippen LogP contribution in [0.4, 0.5) is 0 Å². The first kappa shape index (κ1) is 22.0. The van der Waals surface area contributed by atoms with Gasteiger partial charge in [-0.3, -0.25) is 4.79 Å². The van der Waals surface area contributed by atoms with Gasteiger partial charge in [-0.1, -0.05) is 26.8 Å². The van der Waals surface area contributed by atoms with Gasteiger partial charge in [0.1, 0.15) is 11.5 Å². The van der Waals surface area contributed by atoms with E-state index in [0.717, 1.165) is 46.1 Å². The Bertz CT molecular complexity index is 1080. The molecule has 1 amide bonds. The number of carbonyl (C=O) groups excluding carboxylic acids is 1. The largest absolute Gasteiger partial charge is 0.457 e. The van der Waals surface area contributed by atoms with Crippen LogP contribution in [-0.4, -0.2) is 27.5 Å². The highest BCUT2D eigenvalue weighted by atomic mass is 16.5. The average molecular weight is 431 g/mol. The average Bonchev–Trinajstić information content (AvgIpc) is 3.12. The summed E-state index contributed by atoms with van der Waals surface area (Å²) in [5, 5.41) is 8.66. The molecule has 3 aromatic rings. The van der Waals surface area contributed by atoms with Gasteiger partial charge < -0.3 is 15.4 Å². The molecule has 1 unspecified atom stereocenters. The number of rotatable bonds is 7. The van der Waals surface area contributed by atoms with Crippen molar-refractivity contribution >= 4 is 5.91 Å². The van der Waals surface area contributed by atoms with E-state index in [4.69, 9.17) is 10.5 Å². The van der Waals surface area contributed by atoms with Crippen molar-refractivity contribution in [3.8, 4) is 22.8 Å². The quantitative estimate of drug-likeness (QED) is 0.577. The van der Waals surface area contributed by atoms with Gasteiger partial charge in [-0.25, -0.2) is 0 Å². The maximum atomic E-state index is 12.3. The van der Waals surface area contributed by atoms with Crippen molar-refractivity contribution in [2.45, 2.75) is 46.2 Å². The van der Waals surface area contributed by atoms with Crippen LogP contribution in [0.15, 0.2) is 54.6 Å².